The van der Waals surface area contributed by atoms with Gasteiger partial charge in [0.15, 0.2) is 0 Å². The van der Waals surface area contributed by atoms with E-state index in [1.54, 1.807) is 0 Å². The average molecular weight is 246 g/mol. The van der Waals surface area contributed by atoms with Gasteiger partial charge in [-0.2, -0.15) is 0 Å². The molecule has 0 spiro atoms. The Morgan fingerprint density at radius 1 is 1.00 bits per heavy atom. The van der Waals surface area contributed by atoms with Crippen molar-refractivity contribution in [3.8, 4) is 0 Å². The Morgan fingerprint density at radius 3 is 2.00 bits per heavy atom. The lowest BCUT2D eigenvalue weighted by Gasteiger charge is -2.49. The molecule has 1 aliphatic carbocycles. The summed E-state index contributed by atoms with van der Waals surface area (Å²) in [5.41, 5.74) is 2.00. The monoisotopic (exact) mass is 246 g/mol. The predicted octanol–water partition coefficient (Wildman–Crippen LogP) is 3.00. The van der Waals surface area contributed by atoms with E-state index in [2.05, 4.69) is 68.6 Å². The summed E-state index contributed by atoms with van der Waals surface area (Å²) in [4.78, 5) is 2.41. The van der Waals surface area contributed by atoms with Gasteiger partial charge in [0.1, 0.15) is 0 Å². The van der Waals surface area contributed by atoms with Crippen LogP contribution >= 0.6 is 0 Å². The molecular weight excluding hydrogens is 220 g/mol. The van der Waals surface area contributed by atoms with Crippen molar-refractivity contribution in [3.63, 3.8) is 0 Å². The second-order valence-corrected chi connectivity index (χ2v) is 6.10. The molecule has 1 aromatic carbocycles. The van der Waals surface area contributed by atoms with Crippen LogP contribution in [0.4, 0.5) is 0 Å². The molecule has 0 heterocycles. The summed E-state index contributed by atoms with van der Waals surface area (Å²) in [6.45, 7) is 2.34. The number of nitrogens with one attached hydrogen (secondary N) is 1. The minimum absolute atomic E-state index is 0.220. The Hall–Kier alpha value is -0.860. The highest BCUT2D eigenvalue weighted by molar-refractivity contribution is 5.26. The molecule has 0 unspecified atom stereocenters. The lowest BCUT2D eigenvalue weighted by Crippen LogP contribution is -2.52. The van der Waals surface area contributed by atoms with Gasteiger partial charge in [-0.05, 0) is 59.3 Å². The molecule has 0 aromatic heterocycles. The van der Waals surface area contributed by atoms with E-state index in [4.69, 9.17) is 0 Å². The molecule has 2 heteroatoms. The van der Waals surface area contributed by atoms with E-state index < -0.39 is 0 Å². The van der Waals surface area contributed by atoms with Crippen LogP contribution < -0.4 is 5.32 Å². The van der Waals surface area contributed by atoms with Crippen LogP contribution in [0, 0.1) is 0 Å². The van der Waals surface area contributed by atoms with Crippen molar-refractivity contribution in [1.82, 2.24) is 10.2 Å². The molecule has 0 bridgehead atoms. The Balaban J connectivity index is 2.27. The number of nitrogens with zero attached hydrogens (tertiary/aromatic N) is 1. The van der Waals surface area contributed by atoms with Crippen LogP contribution in [0.3, 0.4) is 0 Å². The van der Waals surface area contributed by atoms with Gasteiger partial charge in [-0.1, -0.05) is 30.3 Å². The van der Waals surface area contributed by atoms with Crippen LogP contribution in [0.25, 0.3) is 0 Å². The van der Waals surface area contributed by atoms with Gasteiger partial charge in [0.25, 0.3) is 0 Å². The van der Waals surface area contributed by atoms with E-state index in [1.165, 1.54) is 31.2 Å². The van der Waals surface area contributed by atoms with Crippen molar-refractivity contribution in [1.29, 1.82) is 0 Å². The van der Waals surface area contributed by atoms with Crippen molar-refractivity contribution < 1.29 is 0 Å². The maximum atomic E-state index is 3.49. The minimum Gasteiger partial charge on any atom is -0.315 e. The standard InChI is InChI=1S/C16H26N2/c1-15(17-2)10-12-16(13-11-15,18(3)4)14-8-6-5-7-9-14/h5-9,17H,10-13H2,1-4H3. The third-order valence-electron chi connectivity index (χ3n) is 4.95. The van der Waals surface area contributed by atoms with Gasteiger partial charge in [-0.3, -0.25) is 4.90 Å². The summed E-state index contributed by atoms with van der Waals surface area (Å²) in [6, 6.07) is 11.0. The molecule has 1 fully saturated rings. The molecule has 0 aliphatic heterocycles. The quantitative estimate of drug-likeness (QED) is 0.882. The zero-order chi connectivity index (χ0) is 13.2. The Bertz CT molecular complexity index is 375. The zero-order valence-electron chi connectivity index (χ0n) is 12.2. The molecule has 1 saturated carbocycles. The summed E-state index contributed by atoms with van der Waals surface area (Å²) in [5.74, 6) is 0. The first-order valence-corrected chi connectivity index (χ1v) is 6.94. The lowest BCUT2D eigenvalue weighted by atomic mass is 9.69. The highest BCUT2D eigenvalue weighted by atomic mass is 15.2. The third kappa shape index (κ3) is 2.32. The second-order valence-electron chi connectivity index (χ2n) is 6.10. The molecule has 0 radical (unpaired) electrons. The van der Waals surface area contributed by atoms with Crippen LogP contribution in [-0.4, -0.2) is 31.6 Å². The number of hydrogen-bond acceptors (Lipinski definition) is 2. The Labute approximate surface area is 111 Å². The van der Waals surface area contributed by atoms with Crippen LogP contribution in [0.2, 0.25) is 0 Å². The van der Waals surface area contributed by atoms with Gasteiger partial charge in [0.2, 0.25) is 0 Å². The van der Waals surface area contributed by atoms with Gasteiger partial charge in [0.05, 0.1) is 0 Å². The Kier molecular flexibility index (Phi) is 3.79. The smallest absolute Gasteiger partial charge is 0.0456 e. The van der Waals surface area contributed by atoms with Crippen molar-refractivity contribution in [2.45, 2.75) is 43.7 Å². The summed E-state index contributed by atoms with van der Waals surface area (Å²) in [7, 11) is 6.52. The van der Waals surface area contributed by atoms with Crippen molar-refractivity contribution in [2.24, 2.45) is 0 Å². The molecule has 0 amide bonds. The maximum absolute atomic E-state index is 3.49. The highest BCUT2D eigenvalue weighted by Crippen LogP contribution is 2.44. The third-order valence-corrected chi connectivity index (χ3v) is 4.95. The van der Waals surface area contributed by atoms with Crippen LogP contribution in [0.5, 0.6) is 0 Å². The minimum atomic E-state index is 0.220. The van der Waals surface area contributed by atoms with Gasteiger partial charge in [0, 0.05) is 11.1 Å². The van der Waals surface area contributed by atoms with Gasteiger partial charge in [-0.25, -0.2) is 0 Å². The fourth-order valence-electron chi connectivity index (χ4n) is 3.21. The fraction of sp³-hybridized carbons (Fsp3) is 0.625. The van der Waals surface area contributed by atoms with Gasteiger partial charge >= 0.3 is 0 Å². The van der Waals surface area contributed by atoms with Crippen molar-refractivity contribution >= 4 is 0 Å². The van der Waals surface area contributed by atoms with Crippen LogP contribution in [0.1, 0.15) is 38.2 Å². The van der Waals surface area contributed by atoms with E-state index in [0.717, 1.165) is 0 Å². The van der Waals surface area contributed by atoms with E-state index in [-0.39, 0.29) is 5.54 Å². The number of rotatable bonds is 3. The molecule has 100 valence electrons. The fourth-order valence-corrected chi connectivity index (χ4v) is 3.21. The van der Waals surface area contributed by atoms with Crippen LogP contribution in [0.15, 0.2) is 30.3 Å². The molecule has 1 N–H and O–H groups in total. The van der Waals surface area contributed by atoms with E-state index in [0.29, 0.717) is 5.54 Å². The zero-order valence-corrected chi connectivity index (χ0v) is 12.2. The first-order chi connectivity index (χ1) is 8.52. The maximum Gasteiger partial charge on any atom is 0.0456 e. The van der Waals surface area contributed by atoms with E-state index in [9.17, 15) is 0 Å². The highest BCUT2D eigenvalue weighted by Gasteiger charge is 2.42. The van der Waals surface area contributed by atoms with Crippen LogP contribution in [-0.2, 0) is 5.54 Å². The first-order valence-electron chi connectivity index (χ1n) is 6.94. The molecule has 0 saturated heterocycles. The van der Waals surface area contributed by atoms with E-state index >= 15 is 0 Å². The molecule has 0 atom stereocenters. The van der Waals surface area contributed by atoms with Crippen molar-refractivity contribution in [3.05, 3.63) is 35.9 Å². The predicted molar refractivity (Wildman–Crippen MR) is 77.7 cm³/mol. The summed E-state index contributed by atoms with van der Waals surface area (Å²) >= 11 is 0. The molecule has 1 aromatic rings. The average Bonchev–Trinajstić information content (AvgIpc) is 2.40. The van der Waals surface area contributed by atoms with Gasteiger partial charge < -0.3 is 5.32 Å². The topological polar surface area (TPSA) is 15.3 Å². The summed E-state index contributed by atoms with van der Waals surface area (Å²) in [6.07, 6.45) is 4.91. The molecule has 2 nitrogen and oxygen atoms in total. The first kappa shape index (κ1) is 13.6. The lowest BCUT2D eigenvalue weighted by molar-refractivity contribution is 0.0628. The number of hydrogen-bond donors (Lipinski definition) is 1. The van der Waals surface area contributed by atoms with E-state index in [1.807, 2.05) is 0 Å². The summed E-state index contributed by atoms with van der Waals surface area (Å²) in [5, 5.41) is 3.49. The van der Waals surface area contributed by atoms with Crippen molar-refractivity contribution in [2.75, 3.05) is 21.1 Å². The molecule has 2 rings (SSSR count). The molecule has 18 heavy (non-hydrogen) atoms. The normalized spacial score (nSPS) is 32.7. The van der Waals surface area contributed by atoms with Gasteiger partial charge in [-0.15, -0.1) is 0 Å². The SMILES string of the molecule is CNC1(C)CCC(c2ccccc2)(N(C)C)CC1. The second kappa shape index (κ2) is 5.02. The molecular formula is C16H26N2. The molecule has 1 aliphatic rings. The largest absolute Gasteiger partial charge is 0.315 e. The Morgan fingerprint density at radius 2 is 1.56 bits per heavy atom. The number of benzene rings is 1. The summed E-state index contributed by atoms with van der Waals surface area (Å²) < 4.78 is 0.